The summed E-state index contributed by atoms with van der Waals surface area (Å²) in [6.45, 7) is 8.21. The highest BCUT2D eigenvalue weighted by molar-refractivity contribution is 5.58. The Bertz CT molecular complexity index is 416. The molecule has 0 fully saturated rings. The molecular formula is C14H26N4O. The number of aliphatic hydroxyl groups excluding tert-OH is 1. The Morgan fingerprint density at radius 3 is 2.32 bits per heavy atom. The van der Waals surface area contributed by atoms with Gasteiger partial charge in [0.1, 0.15) is 17.5 Å². The summed E-state index contributed by atoms with van der Waals surface area (Å²) in [5.74, 6) is 2.48. The zero-order valence-corrected chi connectivity index (χ0v) is 12.7. The first kappa shape index (κ1) is 15.7. The third-order valence-corrected chi connectivity index (χ3v) is 3.45. The minimum Gasteiger partial charge on any atom is -0.394 e. The standard InChI is InChI=1S/C14H26N4O/c1-6-8-11-16-12(15-5)10(3)13(17-11)18-14(4,7-2)9-19/h19H,6-9H2,1-5H3,(H2,15,16,17,18). The molecule has 108 valence electrons. The lowest BCUT2D eigenvalue weighted by molar-refractivity contribution is 0.218. The third-order valence-electron chi connectivity index (χ3n) is 3.45. The first-order valence-corrected chi connectivity index (χ1v) is 6.94. The van der Waals surface area contributed by atoms with Crippen molar-refractivity contribution in [2.75, 3.05) is 24.3 Å². The molecule has 1 heterocycles. The van der Waals surface area contributed by atoms with E-state index in [1.54, 1.807) is 0 Å². The lowest BCUT2D eigenvalue weighted by Crippen LogP contribution is -2.38. The van der Waals surface area contributed by atoms with Gasteiger partial charge in [0.15, 0.2) is 0 Å². The molecule has 1 rings (SSSR count). The summed E-state index contributed by atoms with van der Waals surface area (Å²) in [5, 5.41) is 16.0. The van der Waals surface area contributed by atoms with E-state index >= 15 is 0 Å². The molecule has 1 unspecified atom stereocenters. The van der Waals surface area contributed by atoms with E-state index in [4.69, 9.17) is 0 Å². The molecule has 1 atom stereocenters. The van der Waals surface area contributed by atoms with Crippen molar-refractivity contribution in [2.45, 2.75) is 52.5 Å². The fourth-order valence-corrected chi connectivity index (χ4v) is 1.79. The summed E-state index contributed by atoms with van der Waals surface area (Å²) in [6, 6.07) is 0. The van der Waals surface area contributed by atoms with Crippen LogP contribution in [0.4, 0.5) is 11.6 Å². The van der Waals surface area contributed by atoms with E-state index in [-0.39, 0.29) is 12.1 Å². The van der Waals surface area contributed by atoms with Crippen molar-refractivity contribution in [3.05, 3.63) is 11.4 Å². The molecule has 5 heteroatoms. The lowest BCUT2D eigenvalue weighted by Gasteiger charge is -2.29. The van der Waals surface area contributed by atoms with Gasteiger partial charge in [-0.3, -0.25) is 0 Å². The van der Waals surface area contributed by atoms with Crippen LogP contribution in [0.2, 0.25) is 0 Å². The second-order valence-corrected chi connectivity index (χ2v) is 5.16. The van der Waals surface area contributed by atoms with Gasteiger partial charge in [-0.2, -0.15) is 0 Å². The number of hydrogen-bond acceptors (Lipinski definition) is 5. The Morgan fingerprint density at radius 2 is 1.84 bits per heavy atom. The van der Waals surface area contributed by atoms with Crippen LogP contribution in [0.3, 0.4) is 0 Å². The maximum atomic E-state index is 9.52. The van der Waals surface area contributed by atoms with E-state index in [9.17, 15) is 5.11 Å². The lowest BCUT2D eigenvalue weighted by atomic mass is 10.00. The normalized spacial score (nSPS) is 14.0. The summed E-state index contributed by atoms with van der Waals surface area (Å²) in [7, 11) is 1.86. The van der Waals surface area contributed by atoms with Crippen molar-refractivity contribution < 1.29 is 5.11 Å². The number of aliphatic hydroxyl groups is 1. The van der Waals surface area contributed by atoms with Gasteiger partial charge in [-0.25, -0.2) is 9.97 Å². The molecular weight excluding hydrogens is 240 g/mol. The largest absolute Gasteiger partial charge is 0.394 e. The molecule has 1 aromatic rings. The van der Waals surface area contributed by atoms with Crippen LogP contribution < -0.4 is 10.6 Å². The van der Waals surface area contributed by atoms with Crippen LogP contribution in [0, 0.1) is 6.92 Å². The highest BCUT2D eigenvalue weighted by atomic mass is 16.3. The van der Waals surface area contributed by atoms with E-state index < -0.39 is 0 Å². The van der Waals surface area contributed by atoms with Crippen LogP contribution >= 0.6 is 0 Å². The van der Waals surface area contributed by atoms with Gasteiger partial charge in [0, 0.05) is 19.0 Å². The van der Waals surface area contributed by atoms with Crippen molar-refractivity contribution in [2.24, 2.45) is 0 Å². The molecule has 5 nitrogen and oxygen atoms in total. The monoisotopic (exact) mass is 266 g/mol. The van der Waals surface area contributed by atoms with E-state index in [1.807, 2.05) is 27.8 Å². The summed E-state index contributed by atoms with van der Waals surface area (Å²) < 4.78 is 0. The number of nitrogens with zero attached hydrogens (tertiary/aromatic N) is 2. The first-order valence-electron chi connectivity index (χ1n) is 6.94. The Morgan fingerprint density at radius 1 is 1.21 bits per heavy atom. The molecule has 1 aromatic heterocycles. The molecule has 3 N–H and O–H groups in total. The van der Waals surface area contributed by atoms with Gasteiger partial charge >= 0.3 is 0 Å². The molecule has 0 aliphatic carbocycles. The summed E-state index contributed by atoms with van der Waals surface area (Å²) in [5.41, 5.74) is 0.628. The van der Waals surface area contributed by atoms with Crippen molar-refractivity contribution >= 4 is 11.6 Å². The quantitative estimate of drug-likeness (QED) is 0.706. The predicted molar refractivity (Wildman–Crippen MR) is 79.7 cm³/mol. The van der Waals surface area contributed by atoms with Crippen LogP contribution in [-0.4, -0.2) is 34.3 Å². The molecule has 0 saturated heterocycles. The highest BCUT2D eigenvalue weighted by Crippen LogP contribution is 2.24. The van der Waals surface area contributed by atoms with Gasteiger partial charge < -0.3 is 15.7 Å². The van der Waals surface area contributed by atoms with Gasteiger partial charge in [-0.05, 0) is 26.7 Å². The number of hydrogen-bond donors (Lipinski definition) is 3. The maximum absolute atomic E-state index is 9.52. The van der Waals surface area contributed by atoms with Gasteiger partial charge in [-0.15, -0.1) is 0 Å². The van der Waals surface area contributed by atoms with E-state index in [0.29, 0.717) is 0 Å². The van der Waals surface area contributed by atoms with Crippen LogP contribution in [0.5, 0.6) is 0 Å². The van der Waals surface area contributed by atoms with E-state index in [0.717, 1.165) is 42.3 Å². The molecule has 0 aliphatic rings. The zero-order valence-electron chi connectivity index (χ0n) is 12.7. The van der Waals surface area contributed by atoms with Crippen LogP contribution in [0.25, 0.3) is 0 Å². The highest BCUT2D eigenvalue weighted by Gasteiger charge is 2.23. The molecule has 0 radical (unpaired) electrons. The summed E-state index contributed by atoms with van der Waals surface area (Å²) >= 11 is 0. The van der Waals surface area contributed by atoms with Gasteiger partial charge in [0.25, 0.3) is 0 Å². The molecule has 19 heavy (non-hydrogen) atoms. The minimum absolute atomic E-state index is 0.0743. The van der Waals surface area contributed by atoms with Crippen molar-refractivity contribution in [3.63, 3.8) is 0 Å². The summed E-state index contributed by atoms with van der Waals surface area (Å²) in [6.07, 6.45) is 2.69. The summed E-state index contributed by atoms with van der Waals surface area (Å²) in [4.78, 5) is 9.08. The third kappa shape index (κ3) is 3.80. The van der Waals surface area contributed by atoms with Crippen LogP contribution in [0.1, 0.15) is 45.0 Å². The zero-order chi connectivity index (χ0) is 14.5. The van der Waals surface area contributed by atoms with Crippen LogP contribution in [0.15, 0.2) is 0 Å². The maximum Gasteiger partial charge on any atom is 0.135 e. The fraction of sp³-hybridized carbons (Fsp3) is 0.714. The molecule has 0 aromatic carbocycles. The van der Waals surface area contributed by atoms with Crippen molar-refractivity contribution in [1.82, 2.24) is 9.97 Å². The number of aryl methyl sites for hydroxylation is 1. The van der Waals surface area contributed by atoms with Crippen molar-refractivity contribution in [3.8, 4) is 0 Å². The second kappa shape index (κ2) is 6.70. The van der Waals surface area contributed by atoms with E-state index in [2.05, 4.69) is 27.5 Å². The predicted octanol–water partition coefficient (Wildman–Crippen LogP) is 2.35. The molecule has 0 aliphatic heterocycles. The smallest absolute Gasteiger partial charge is 0.135 e. The molecule has 0 bridgehead atoms. The Balaban J connectivity index is 3.14. The SMILES string of the molecule is CCCc1nc(NC)c(C)c(NC(C)(CC)CO)n1. The minimum atomic E-state index is -0.354. The molecule has 0 saturated carbocycles. The number of nitrogens with one attached hydrogen (secondary N) is 2. The average Bonchev–Trinajstić information content (AvgIpc) is 2.42. The molecule has 0 amide bonds. The first-order chi connectivity index (χ1) is 8.99. The Hall–Kier alpha value is -1.36. The average molecular weight is 266 g/mol. The van der Waals surface area contributed by atoms with Gasteiger partial charge in [0.05, 0.1) is 12.1 Å². The number of aromatic nitrogens is 2. The van der Waals surface area contributed by atoms with E-state index in [1.165, 1.54) is 0 Å². The Labute approximate surface area is 115 Å². The second-order valence-electron chi connectivity index (χ2n) is 5.16. The van der Waals surface area contributed by atoms with Gasteiger partial charge in [0.2, 0.25) is 0 Å². The topological polar surface area (TPSA) is 70.1 Å². The van der Waals surface area contributed by atoms with Crippen molar-refractivity contribution in [1.29, 1.82) is 0 Å². The Kier molecular flexibility index (Phi) is 5.54. The van der Waals surface area contributed by atoms with Gasteiger partial charge in [-0.1, -0.05) is 13.8 Å². The number of rotatable bonds is 7. The fourth-order valence-electron chi connectivity index (χ4n) is 1.79. The molecule has 0 spiro atoms. The van der Waals surface area contributed by atoms with Crippen LogP contribution in [-0.2, 0) is 6.42 Å². The number of anilines is 2.